The second-order valence-corrected chi connectivity index (χ2v) is 4.68. The Balaban J connectivity index is 3.11. The van der Waals surface area contributed by atoms with Crippen molar-refractivity contribution in [1.29, 1.82) is 0 Å². The first-order chi connectivity index (χ1) is 7.88. The van der Waals surface area contributed by atoms with E-state index in [1.54, 1.807) is 0 Å². The molecule has 17 heavy (non-hydrogen) atoms. The summed E-state index contributed by atoms with van der Waals surface area (Å²) in [5.41, 5.74) is -0.752. The van der Waals surface area contributed by atoms with Crippen molar-refractivity contribution in [2.45, 2.75) is 25.6 Å². The number of halogens is 4. The summed E-state index contributed by atoms with van der Waals surface area (Å²) in [6.07, 6.45) is -2.74. The van der Waals surface area contributed by atoms with E-state index in [0.29, 0.717) is 9.99 Å². The smallest absolute Gasteiger partial charge is 0.419 e. The first kappa shape index (κ1) is 14.3. The second-order valence-electron chi connectivity index (χ2n) is 3.44. The van der Waals surface area contributed by atoms with E-state index in [-0.39, 0.29) is 5.75 Å². The van der Waals surface area contributed by atoms with Gasteiger partial charge in [0.05, 0.1) is 5.56 Å². The molecular formula is C12H12F3IO. The first-order valence-corrected chi connectivity index (χ1v) is 6.12. The van der Waals surface area contributed by atoms with E-state index in [2.05, 4.69) is 6.58 Å². The zero-order valence-corrected chi connectivity index (χ0v) is 11.4. The molecule has 0 saturated carbocycles. The molecule has 0 amide bonds. The fraction of sp³-hybridized carbons (Fsp3) is 0.333. The topological polar surface area (TPSA) is 9.23 Å². The molecule has 1 unspecified atom stereocenters. The molecule has 1 atom stereocenters. The molecule has 0 spiro atoms. The van der Waals surface area contributed by atoms with Crippen LogP contribution in [-0.4, -0.2) is 6.10 Å². The minimum absolute atomic E-state index is 0.142. The molecule has 1 aromatic rings. The van der Waals surface area contributed by atoms with E-state index in [4.69, 9.17) is 4.74 Å². The van der Waals surface area contributed by atoms with E-state index in [1.807, 2.05) is 29.5 Å². The van der Waals surface area contributed by atoms with Gasteiger partial charge in [-0.1, -0.05) is 19.6 Å². The van der Waals surface area contributed by atoms with Crippen molar-refractivity contribution in [1.82, 2.24) is 0 Å². The summed E-state index contributed by atoms with van der Waals surface area (Å²) in [4.78, 5) is 0. The lowest BCUT2D eigenvalue weighted by Crippen LogP contribution is -2.16. The predicted octanol–water partition coefficient (Wildman–Crippen LogP) is 4.65. The molecule has 0 fully saturated rings. The van der Waals surface area contributed by atoms with Crippen molar-refractivity contribution in [3.05, 3.63) is 40.0 Å². The molecule has 0 bridgehead atoms. The highest BCUT2D eigenvalue weighted by Gasteiger charge is 2.34. The van der Waals surface area contributed by atoms with Crippen molar-refractivity contribution < 1.29 is 17.9 Å². The Morgan fingerprint density at radius 1 is 1.47 bits per heavy atom. The normalized spacial score (nSPS) is 13.2. The molecule has 1 aromatic carbocycles. The van der Waals surface area contributed by atoms with Crippen LogP contribution in [0.2, 0.25) is 0 Å². The maximum absolute atomic E-state index is 12.7. The highest BCUT2D eigenvalue weighted by atomic mass is 127. The SMILES string of the molecule is C=CC(CC)Oc1cc(I)ccc1C(F)(F)F. The van der Waals surface area contributed by atoms with Crippen LogP contribution in [0, 0.1) is 3.57 Å². The average molecular weight is 356 g/mol. The lowest BCUT2D eigenvalue weighted by Gasteiger charge is -2.18. The lowest BCUT2D eigenvalue weighted by atomic mass is 10.2. The van der Waals surface area contributed by atoms with Crippen molar-refractivity contribution in [3.63, 3.8) is 0 Å². The average Bonchev–Trinajstić information content (AvgIpc) is 2.24. The van der Waals surface area contributed by atoms with Gasteiger partial charge in [-0.2, -0.15) is 13.2 Å². The van der Waals surface area contributed by atoms with Crippen LogP contribution in [0.5, 0.6) is 5.75 Å². The second kappa shape index (κ2) is 5.75. The van der Waals surface area contributed by atoms with Gasteiger partial charge in [-0.25, -0.2) is 0 Å². The van der Waals surface area contributed by atoms with Gasteiger partial charge in [-0.05, 0) is 47.2 Å². The Morgan fingerprint density at radius 2 is 2.12 bits per heavy atom. The maximum atomic E-state index is 12.7. The number of ether oxygens (including phenoxy) is 1. The molecule has 0 saturated heterocycles. The van der Waals surface area contributed by atoms with Crippen molar-refractivity contribution in [2.75, 3.05) is 0 Å². The van der Waals surface area contributed by atoms with Crippen molar-refractivity contribution >= 4 is 22.6 Å². The Kier molecular flexibility index (Phi) is 4.85. The van der Waals surface area contributed by atoms with Gasteiger partial charge >= 0.3 is 6.18 Å². The Bertz CT molecular complexity index is 401. The molecule has 1 rings (SSSR count). The van der Waals surface area contributed by atoms with Crippen molar-refractivity contribution in [2.24, 2.45) is 0 Å². The van der Waals surface area contributed by atoms with Crippen LogP contribution in [0.4, 0.5) is 13.2 Å². The molecule has 0 radical (unpaired) electrons. The summed E-state index contributed by atoms with van der Waals surface area (Å²) in [5, 5.41) is 0. The third-order valence-electron chi connectivity index (χ3n) is 2.19. The van der Waals surface area contributed by atoms with Crippen LogP contribution in [0.25, 0.3) is 0 Å². The number of benzene rings is 1. The Hall–Kier alpha value is -0.720. The summed E-state index contributed by atoms with van der Waals surface area (Å²) < 4.78 is 44.2. The van der Waals surface area contributed by atoms with Crippen LogP contribution in [-0.2, 0) is 6.18 Å². The number of hydrogen-bond acceptors (Lipinski definition) is 1. The minimum Gasteiger partial charge on any atom is -0.486 e. The zero-order chi connectivity index (χ0) is 13.1. The summed E-state index contributed by atoms with van der Waals surface area (Å²) in [7, 11) is 0. The number of hydrogen-bond donors (Lipinski definition) is 0. The Morgan fingerprint density at radius 3 is 2.59 bits per heavy atom. The van der Waals surface area contributed by atoms with Gasteiger partial charge in [-0.15, -0.1) is 0 Å². The van der Waals surface area contributed by atoms with Gasteiger partial charge in [0, 0.05) is 3.57 Å². The highest BCUT2D eigenvalue weighted by Crippen LogP contribution is 2.37. The third kappa shape index (κ3) is 3.90. The summed E-state index contributed by atoms with van der Waals surface area (Å²) in [6.45, 7) is 5.36. The van der Waals surface area contributed by atoms with Gasteiger partial charge in [0.2, 0.25) is 0 Å². The van der Waals surface area contributed by atoms with E-state index < -0.39 is 17.8 Å². The van der Waals surface area contributed by atoms with E-state index >= 15 is 0 Å². The van der Waals surface area contributed by atoms with E-state index in [0.717, 1.165) is 6.07 Å². The van der Waals surface area contributed by atoms with Gasteiger partial charge in [0.1, 0.15) is 11.9 Å². The van der Waals surface area contributed by atoms with Crippen LogP contribution in [0.3, 0.4) is 0 Å². The molecule has 0 aliphatic carbocycles. The fourth-order valence-electron chi connectivity index (χ4n) is 1.29. The zero-order valence-electron chi connectivity index (χ0n) is 9.22. The predicted molar refractivity (Wildman–Crippen MR) is 69.1 cm³/mol. The van der Waals surface area contributed by atoms with Crippen LogP contribution in [0.15, 0.2) is 30.9 Å². The standard InChI is InChI=1S/C12H12F3IO/c1-3-9(4-2)17-11-7-8(16)5-6-10(11)12(13,14)15/h3,5-7,9H,1,4H2,2H3. The summed E-state index contributed by atoms with van der Waals surface area (Å²) in [5.74, 6) is -0.142. The lowest BCUT2D eigenvalue weighted by molar-refractivity contribution is -0.139. The molecular weight excluding hydrogens is 344 g/mol. The van der Waals surface area contributed by atoms with Gasteiger partial charge < -0.3 is 4.74 Å². The van der Waals surface area contributed by atoms with Crippen LogP contribution >= 0.6 is 22.6 Å². The summed E-state index contributed by atoms with van der Waals surface area (Å²) >= 11 is 1.95. The Labute approximate surface area is 112 Å². The first-order valence-electron chi connectivity index (χ1n) is 5.04. The van der Waals surface area contributed by atoms with E-state index in [1.165, 1.54) is 18.2 Å². The highest BCUT2D eigenvalue weighted by molar-refractivity contribution is 14.1. The van der Waals surface area contributed by atoms with Gasteiger partial charge in [-0.3, -0.25) is 0 Å². The molecule has 0 heterocycles. The molecule has 5 heteroatoms. The summed E-state index contributed by atoms with van der Waals surface area (Å²) in [6, 6.07) is 3.83. The fourth-order valence-corrected chi connectivity index (χ4v) is 1.75. The molecule has 0 N–H and O–H groups in total. The van der Waals surface area contributed by atoms with Crippen LogP contribution < -0.4 is 4.74 Å². The largest absolute Gasteiger partial charge is 0.486 e. The molecule has 94 valence electrons. The van der Waals surface area contributed by atoms with Crippen LogP contribution in [0.1, 0.15) is 18.9 Å². The number of alkyl halides is 3. The molecule has 0 aliphatic rings. The molecule has 1 nitrogen and oxygen atoms in total. The quantitative estimate of drug-likeness (QED) is 0.564. The van der Waals surface area contributed by atoms with Gasteiger partial charge in [0.15, 0.2) is 0 Å². The minimum atomic E-state index is -4.40. The molecule has 0 aromatic heterocycles. The monoisotopic (exact) mass is 356 g/mol. The van der Waals surface area contributed by atoms with Crippen molar-refractivity contribution in [3.8, 4) is 5.75 Å². The number of rotatable bonds is 4. The maximum Gasteiger partial charge on any atom is 0.419 e. The molecule has 0 aliphatic heterocycles. The third-order valence-corrected chi connectivity index (χ3v) is 2.86. The van der Waals surface area contributed by atoms with E-state index in [9.17, 15) is 13.2 Å². The van der Waals surface area contributed by atoms with Gasteiger partial charge in [0.25, 0.3) is 0 Å².